The third kappa shape index (κ3) is 4.98. The predicted octanol–water partition coefficient (Wildman–Crippen LogP) is 1.09. The largest absolute Gasteiger partial charge is 0.507 e. The van der Waals surface area contributed by atoms with Crippen molar-refractivity contribution in [1.82, 2.24) is 19.1 Å². The van der Waals surface area contributed by atoms with Gasteiger partial charge in [-0.05, 0) is 42.0 Å². The lowest BCUT2D eigenvalue weighted by Crippen LogP contribution is -2.42. The average Bonchev–Trinajstić information content (AvgIpc) is 3.13. The highest BCUT2D eigenvalue weighted by molar-refractivity contribution is 7.89. The SMILES string of the molecule is CN(C)S(=O)(=O)c1ccc(/C(O)=C2\C(=O)C(=O)N(CCN3CCOCC3)C2c2ccncc2)cc1. The van der Waals surface area contributed by atoms with Gasteiger partial charge in [-0.3, -0.25) is 19.5 Å². The second kappa shape index (κ2) is 10.2. The molecule has 1 unspecified atom stereocenters. The Morgan fingerprint density at radius 2 is 1.69 bits per heavy atom. The van der Waals surface area contributed by atoms with E-state index in [0.717, 1.165) is 17.4 Å². The van der Waals surface area contributed by atoms with E-state index in [2.05, 4.69) is 9.88 Å². The van der Waals surface area contributed by atoms with Crippen LogP contribution in [-0.4, -0.2) is 97.8 Å². The van der Waals surface area contributed by atoms with Gasteiger partial charge in [-0.15, -0.1) is 0 Å². The van der Waals surface area contributed by atoms with Crippen molar-refractivity contribution in [2.45, 2.75) is 10.9 Å². The number of pyridine rings is 1. The fraction of sp³-hybridized carbons (Fsp3) is 0.375. The van der Waals surface area contributed by atoms with Gasteiger partial charge in [0.1, 0.15) is 5.76 Å². The third-order valence-corrected chi connectivity index (χ3v) is 8.06. The first-order valence-corrected chi connectivity index (χ1v) is 12.7. The predicted molar refractivity (Wildman–Crippen MR) is 128 cm³/mol. The molecule has 3 heterocycles. The maximum Gasteiger partial charge on any atom is 0.295 e. The molecule has 2 aliphatic heterocycles. The summed E-state index contributed by atoms with van der Waals surface area (Å²) in [6, 6.07) is 8.20. The minimum Gasteiger partial charge on any atom is -0.507 e. The Hall–Kier alpha value is -3.12. The number of ether oxygens (including phenoxy) is 1. The van der Waals surface area contributed by atoms with E-state index >= 15 is 0 Å². The molecular weight excluding hydrogens is 472 g/mol. The normalized spacial score (nSPS) is 21.1. The Bertz CT molecular complexity index is 1220. The highest BCUT2D eigenvalue weighted by Gasteiger charge is 2.46. The highest BCUT2D eigenvalue weighted by Crippen LogP contribution is 2.39. The van der Waals surface area contributed by atoms with Crippen molar-refractivity contribution >= 4 is 27.5 Å². The molecule has 1 atom stereocenters. The van der Waals surface area contributed by atoms with Crippen LogP contribution in [-0.2, 0) is 24.3 Å². The molecule has 2 aliphatic rings. The van der Waals surface area contributed by atoms with E-state index in [4.69, 9.17) is 4.74 Å². The maximum absolute atomic E-state index is 13.1. The molecule has 186 valence electrons. The number of sulfonamides is 1. The van der Waals surface area contributed by atoms with Gasteiger partial charge in [-0.2, -0.15) is 0 Å². The van der Waals surface area contributed by atoms with Gasteiger partial charge < -0.3 is 14.7 Å². The number of carbonyl (C=O) groups is 2. The number of hydrogen-bond acceptors (Lipinski definition) is 8. The zero-order valence-electron chi connectivity index (χ0n) is 19.6. The Balaban J connectivity index is 1.71. The summed E-state index contributed by atoms with van der Waals surface area (Å²) in [5.41, 5.74) is 0.855. The molecule has 1 aromatic heterocycles. The van der Waals surface area contributed by atoms with Gasteiger partial charge in [0.15, 0.2) is 0 Å². The second-order valence-corrected chi connectivity index (χ2v) is 10.7. The molecule has 1 aromatic carbocycles. The van der Waals surface area contributed by atoms with Crippen molar-refractivity contribution in [2.24, 2.45) is 0 Å². The Kier molecular flexibility index (Phi) is 7.31. The van der Waals surface area contributed by atoms with Crippen molar-refractivity contribution in [3.05, 3.63) is 65.5 Å². The lowest BCUT2D eigenvalue weighted by molar-refractivity contribution is -0.140. The summed E-state index contributed by atoms with van der Waals surface area (Å²) in [7, 11) is -0.799. The van der Waals surface area contributed by atoms with Gasteiger partial charge in [0, 0.05) is 58.2 Å². The number of nitrogens with zero attached hydrogens (tertiary/aromatic N) is 4. The first-order chi connectivity index (χ1) is 16.7. The molecule has 4 rings (SSSR count). The van der Waals surface area contributed by atoms with Crippen LogP contribution in [0.4, 0.5) is 0 Å². The van der Waals surface area contributed by atoms with Gasteiger partial charge in [0.05, 0.1) is 29.7 Å². The van der Waals surface area contributed by atoms with Crippen molar-refractivity contribution in [1.29, 1.82) is 0 Å². The van der Waals surface area contributed by atoms with Crippen LogP contribution in [0, 0.1) is 0 Å². The van der Waals surface area contributed by atoms with E-state index in [1.165, 1.54) is 43.3 Å². The lowest BCUT2D eigenvalue weighted by atomic mass is 9.96. The summed E-state index contributed by atoms with van der Waals surface area (Å²) >= 11 is 0. The minimum atomic E-state index is -3.65. The van der Waals surface area contributed by atoms with Crippen molar-refractivity contribution in [3.8, 4) is 0 Å². The molecule has 10 nitrogen and oxygen atoms in total. The van der Waals surface area contributed by atoms with Crippen LogP contribution >= 0.6 is 0 Å². The number of aliphatic hydroxyl groups is 1. The molecule has 2 saturated heterocycles. The number of ketones is 1. The van der Waals surface area contributed by atoms with Gasteiger partial charge in [-0.25, -0.2) is 12.7 Å². The number of aromatic nitrogens is 1. The van der Waals surface area contributed by atoms with Crippen molar-refractivity contribution in [3.63, 3.8) is 0 Å². The Labute approximate surface area is 204 Å². The summed E-state index contributed by atoms with van der Waals surface area (Å²) in [5.74, 6) is -1.82. The van der Waals surface area contributed by atoms with Crippen LogP contribution < -0.4 is 0 Å². The monoisotopic (exact) mass is 500 g/mol. The van der Waals surface area contributed by atoms with Crippen LogP contribution in [0.15, 0.2) is 59.3 Å². The standard InChI is InChI=1S/C24H28N4O6S/c1-26(2)35(32,33)19-5-3-18(4-6-19)22(29)20-21(17-7-9-25-10-8-17)28(24(31)23(20)30)12-11-27-13-15-34-16-14-27/h3-10,21,29H,11-16H2,1-2H3/b22-20+. The van der Waals surface area contributed by atoms with E-state index < -0.39 is 27.8 Å². The minimum absolute atomic E-state index is 0.0357. The van der Waals surface area contributed by atoms with Crippen LogP contribution in [0.5, 0.6) is 0 Å². The van der Waals surface area contributed by atoms with E-state index in [1.807, 2.05) is 0 Å². The molecule has 11 heteroatoms. The molecule has 0 bridgehead atoms. The Morgan fingerprint density at radius 1 is 1.06 bits per heavy atom. The van der Waals surface area contributed by atoms with E-state index in [1.54, 1.807) is 24.5 Å². The van der Waals surface area contributed by atoms with E-state index in [9.17, 15) is 23.1 Å². The number of amides is 1. The molecule has 35 heavy (non-hydrogen) atoms. The number of rotatable bonds is 7. The number of Topliss-reactive ketones (excluding diaryl/α,β-unsaturated/α-hetero) is 1. The van der Waals surface area contributed by atoms with Crippen LogP contribution in [0.2, 0.25) is 0 Å². The Morgan fingerprint density at radius 3 is 2.29 bits per heavy atom. The number of hydrogen-bond donors (Lipinski definition) is 1. The zero-order chi connectivity index (χ0) is 25.2. The zero-order valence-corrected chi connectivity index (χ0v) is 20.4. The number of morpholine rings is 1. The summed E-state index contributed by atoms with van der Waals surface area (Å²) < 4.78 is 31.2. The van der Waals surface area contributed by atoms with E-state index in [-0.39, 0.29) is 21.8 Å². The topological polar surface area (TPSA) is 120 Å². The molecule has 0 radical (unpaired) electrons. The number of likely N-dealkylation sites (tertiary alicyclic amines) is 1. The van der Waals surface area contributed by atoms with E-state index in [0.29, 0.717) is 31.9 Å². The van der Waals surface area contributed by atoms with Gasteiger partial charge in [-0.1, -0.05) is 0 Å². The number of carbonyl (C=O) groups excluding carboxylic acids is 2. The second-order valence-electron chi connectivity index (χ2n) is 8.54. The molecule has 0 saturated carbocycles. The summed E-state index contributed by atoms with van der Waals surface area (Å²) in [4.78, 5) is 33.9. The number of benzene rings is 1. The smallest absolute Gasteiger partial charge is 0.295 e. The first kappa shape index (κ1) is 25.0. The van der Waals surface area contributed by atoms with Crippen molar-refractivity contribution in [2.75, 3.05) is 53.5 Å². The molecule has 1 amide bonds. The van der Waals surface area contributed by atoms with Gasteiger partial charge in [0.2, 0.25) is 10.0 Å². The quantitative estimate of drug-likeness (QED) is 0.341. The molecule has 2 fully saturated rings. The molecule has 0 spiro atoms. The summed E-state index contributed by atoms with van der Waals surface area (Å²) in [6.45, 7) is 3.58. The van der Waals surface area contributed by atoms with Crippen LogP contribution in [0.3, 0.4) is 0 Å². The third-order valence-electron chi connectivity index (χ3n) is 6.23. The molecule has 0 aliphatic carbocycles. The van der Waals surface area contributed by atoms with Crippen molar-refractivity contribution < 1.29 is 27.9 Å². The molecule has 2 aromatic rings. The number of aliphatic hydroxyl groups excluding tert-OH is 1. The fourth-order valence-electron chi connectivity index (χ4n) is 4.23. The summed E-state index contributed by atoms with van der Waals surface area (Å²) in [5, 5.41) is 11.2. The first-order valence-electron chi connectivity index (χ1n) is 11.2. The maximum atomic E-state index is 13.1. The highest BCUT2D eigenvalue weighted by atomic mass is 32.2. The molecule has 1 N–H and O–H groups in total. The molecular formula is C24H28N4O6S. The van der Waals surface area contributed by atoms with Gasteiger partial charge in [0.25, 0.3) is 11.7 Å². The van der Waals surface area contributed by atoms with Crippen LogP contribution in [0.1, 0.15) is 17.2 Å². The summed E-state index contributed by atoms with van der Waals surface area (Å²) in [6.07, 6.45) is 3.14. The lowest BCUT2D eigenvalue weighted by Gasteiger charge is -2.31. The average molecular weight is 501 g/mol. The van der Waals surface area contributed by atoms with Crippen LogP contribution in [0.25, 0.3) is 5.76 Å². The fourth-order valence-corrected chi connectivity index (χ4v) is 5.13. The van der Waals surface area contributed by atoms with Gasteiger partial charge >= 0.3 is 0 Å².